The zero-order chi connectivity index (χ0) is 11.7. The van der Waals surface area contributed by atoms with Gasteiger partial charge in [0.05, 0.1) is 20.8 Å². The summed E-state index contributed by atoms with van der Waals surface area (Å²) in [5.74, 6) is -0.635. The molecule has 0 bridgehead atoms. The first-order valence-corrected chi connectivity index (χ1v) is 5.34. The van der Waals surface area contributed by atoms with Crippen molar-refractivity contribution in [3.8, 4) is 11.3 Å². The Morgan fingerprint density at radius 3 is 2.44 bits per heavy atom. The van der Waals surface area contributed by atoms with Crippen LogP contribution >= 0.6 is 34.8 Å². The molecule has 16 heavy (non-hydrogen) atoms. The van der Waals surface area contributed by atoms with Gasteiger partial charge in [-0.2, -0.15) is 0 Å². The predicted octanol–water partition coefficient (Wildman–Crippen LogP) is 4.24. The lowest BCUT2D eigenvalue weighted by Gasteiger charge is -2.07. The van der Waals surface area contributed by atoms with E-state index in [4.69, 9.17) is 34.8 Å². The highest BCUT2D eigenvalue weighted by molar-refractivity contribution is 6.49. The number of hydrogen-bond acceptors (Lipinski definition) is 2. The lowest BCUT2D eigenvalue weighted by atomic mass is 10.1. The van der Waals surface area contributed by atoms with Gasteiger partial charge in [-0.05, 0) is 12.1 Å². The van der Waals surface area contributed by atoms with Crippen LogP contribution < -0.4 is 0 Å². The molecule has 0 aliphatic carbocycles. The van der Waals surface area contributed by atoms with E-state index >= 15 is 0 Å². The third-order valence-electron chi connectivity index (χ3n) is 1.96. The van der Waals surface area contributed by atoms with Crippen LogP contribution in [0.25, 0.3) is 11.3 Å². The van der Waals surface area contributed by atoms with Crippen molar-refractivity contribution < 1.29 is 4.39 Å². The van der Waals surface area contributed by atoms with Crippen LogP contribution in [0.4, 0.5) is 4.39 Å². The van der Waals surface area contributed by atoms with Crippen LogP contribution in [0.3, 0.4) is 0 Å². The van der Waals surface area contributed by atoms with Crippen LogP contribution in [-0.4, -0.2) is 9.97 Å². The molecule has 2 aromatic rings. The minimum Gasteiger partial charge on any atom is -0.245 e. The topological polar surface area (TPSA) is 25.8 Å². The van der Waals surface area contributed by atoms with Gasteiger partial charge in [0.1, 0.15) is 12.1 Å². The van der Waals surface area contributed by atoms with Gasteiger partial charge < -0.3 is 0 Å². The normalized spacial score (nSPS) is 10.5. The summed E-state index contributed by atoms with van der Waals surface area (Å²) in [5, 5.41) is -0.0341. The maximum Gasteiger partial charge on any atom is 0.144 e. The highest BCUT2D eigenvalue weighted by Gasteiger charge is 2.15. The summed E-state index contributed by atoms with van der Waals surface area (Å²) in [4.78, 5) is 7.71. The van der Waals surface area contributed by atoms with Crippen LogP contribution in [0.5, 0.6) is 0 Å². The van der Waals surface area contributed by atoms with E-state index in [-0.39, 0.29) is 15.1 Å². The monoisotopic (exact) mass is 276 g/mol. The summed E-state index contributed by atoms with van der Waals surface area (Å²) < 4.78 is 13.4. The zero-order valence-electron chi connectivity index (χ0n) is 7.72. The fraction of sp³-hybridized carbons (Fsp3) is 0. The van der Waals surface area contributed by atoms with E-state index in [0.29, 0.717) is 11.3 Å². The fourth-order valence-corrected chi connectivity index (χ4v) is 1.84. The van der Waals surface area contributed by atoms with E-state index in [9.17, 15) is 4.39 Å². The van der Waals surface area contributed by atoms with Gasteiger partial charge in [-0.25, -0.2) is 14.4 Å². The van der Waals surface area contributed by atoms with E-state index < -0.39 is 5.82 Å². The van der Waals surface area contributed by atoms with Gasteiger partial charge in [0.15, 0.2) is 0 Å². The number of halogens is 4. The molecule has 0 aliphatic rings. The lowest BCUT2D eigenvalue weighted by molar-refractivity contribution is 0.629. The minimum absolute atomic E-state index is 0.0167. The Balaban J connectivity index is 2.68. The molecule has 0 radical (unpaired) electrons. The molecule has 6 heteroatoms. The summed E-state index contributed by atoms with van der Waals surface area (Å²) in [6.07, 6.45) is 2.87. The van der Waals surface area contributed by atoms with Gasteiger partial charge in [-0.15, -0.1) is 0 Å². The molecule has 0 saturated carbocycles. The van der Waals surface area contributed by atoms with E-state index in [1.807, 2.05) is 0 Å². The second-order valence-electron chi connectivity index (χ2n) is 2.94. The van der Waals surface area contributed by atoms with Crippen molar-refractivity contribution >= 4 is 34.8 Å². The van der Waals surface area contributed by atoms with Crippen molar-refractivity contribution in [3.63, 3.8) is 0 Å². The average molecular weight is 278 g/mol. The Labute approximate surface area is 106 Å². The second kappa shape index (κ2) is 4.53. The van der Waals surface area contributed by atoms with E-state index in [2.05, 4.69) is 9.97 Å². The molecule has 82 valence electrons. The lowest BCUT2D eigenvalue weighted by Crippen LogP contribution is -1.89. The van der Waals surface area contributed by atoms with Crippen LogP contribution in [0.2, 0.25) is 15.1 Å². The molecule has 2 rings (SSSR count). The van der Waals surface area contributed by atoms with Gasteiger partial charge in [-0.3, -0.25) is 0 Å². The van der Waals surface area contributed by atoms with Gasteiger partial charge in [0, 0.05) is 11.8 Å². The van der Waals surface area contributed by atoms with Gasteiger partial charge in [0.25, 0.3) is 0 Å². The molecule has 0 saturated heterocycles. The molecule has 0 spiro atoms. The largest absolute Gasteiger partial charge is 0.245 e. The predicted molar refractivity (Wildman–Crippen MR) is 62.5 cm³/mol. The van der Waals surface area contributed by atoms with Crippen molar-refractivity contribution in [3.05, 3.63) is 45.5 Å². The molecule has 0 unspecified atom stereocenters. The number of hydrogen-bond donors (Lipinski definition) is 0. The van der Waals surface area contributed by atoms with Crippen LogP contribution in [-0.2, 0) is 0 Å². The molecular formula is C10H4Cl3FN2. The van der Waals surface area contributed by atoms with E-state index in [1.54, 1.807) is 6.07 Å². The van der Waals surface area contributed by atoms with Crippen LogP contribution in [0, 0.1) is 5.82 Å². The van der Waals surface area contributed by atoms with Crippen molar-refractivity contribution in [2.24, 2.45) is 0 Å². The highest BCUT2D eigenvalue weighted by atomic mass is 35.5. The Bertz CT molecular complexity index is 531. The first kappa shape index (κ1) is 11.6. The molecule has 0 fully saturated rings. The second-order valence-corrected chi connectivity index (χ2v) is 4.08. The van der Waals surface area contributed by atoms with Gasteiger partial charge in [0.2, 0.25) is 0 Å². The van der Waals surface area contributed by atoms with E-state index in [1.165, 1.54) is 18.6 Å². The number of nitrogens with zero attached hydrogens (tertiary/aromatic N) is 2. The van der Waals surface area contributed by atoms with E-state index in [0.717, 1.165) is 0 Å². The van der Waals surface area contributed by atoms with Crippen molar-refractivity contribution in [1.82, 2.24) is 9.97 Å². The smallest absolute Gasteiger partial charge is 0.144 e. The summed E-state index contributed by atoms with van der Waals surface area (Å²) in [6, 6.07) is 2.80. The van der Waals surface area contributed by atoms with Gasteiger partial charge >= 0.3 is 0 Å². The standard InChI is InChI=1S/C10H4Cl3FN2/c11-8-5(7-1-2-15-4-16-7)3-6(14)9(12)10(8)13/h1-4H. The van der Waals surface area contributed by atoms with Gasteiger partial charge in [-0.1, -0.05) is 34.8 Å². The zero-order valence-corrected chi connectivity index (χ0v) is 9.98. The first-order chi connectivity index (χ1) is 7.61. The quantitative estimate of drug-likeness (QED) is 0.575. The highest BCUT2D eigenvalue weighted by Crippen LogP contribution is 2.38. The maximum atomic E-state index is 13.4. The molecule has 1 heterocycles. The Kier molecular flexibility index (Phi) is 3.28. The molecular weight excluding hydrogens is 273 g/mol. The molecule has 0 atom stereocenters. The van der Waals surface area contributed by atoms with Crippen molar-refractivity contribution in [2.45, 2.75) is 0 Å². The summed E-state index contributed by atoms with van der Waals surface area (Å²) >= 11 is 17.4. The Morgan fingerprint density at radius 1 is 1.06 bits per heavy atom. The van der Waals surface area contributed by atoms with Crippen molar-refractivity contribution in [2.75, 3.05) is 0 Å². The van der Waals surface area contributed by atoms with Crippen LogP contribution in [0.1, 0.15) is 0 Å². The molecule has 0 amide bonds. The maximum absolute atomic E-state index is 13.4. The molecule has 1 aromatic carbocycles. The molecule has 0 aliphatic heterocycles. The molecule has 1 aromatic heterocycles. The van der Waals surface area contributed by atoms with Crippen LogP contribution in [0.15, 0.2) is 24.7 Å². The van der Waals surface area contributed by atoms with Crippen molar-refractivity contribution in [1.29, 1.82) is 0 Å². The first-order valence-electron chi connectivity index (χ1n) is 4.20. The number of rotatable bonds is 1. The summed E-state index contributed by atoms with van der Waals surface area (Å²) in [7, 11) is 0. The average Bonchev–Trinajstić information content (AvgIpc) is 2.32. The number of benzene rings is 1. The minimum atomic E-state index is -0.635. The molecule has 0 N–H and O–H groups in total. The molecule has 2 nitrogen and oxygen atoms in total. The third kappa shape index (κ3) is 1.98. The Hall–Kier alpha value is -0.900. The summed E-state index contributed by atoms with van der Waals surface area (Å²) in [6.45, 7) is 0. The third-order valence-corrected chi connectivity index (χ3v) is 3.29. The number of aromatic nitrogens is 2. The Morgan fingerprint density at radius 2 is 1.81 bits per heavy atom. The fourth-order valence-electron chi connectivity index (χ4n) is 1.21. The SMILES string of the molecule is Fc1cc(-c2ccncn2)c(Cl)c(Cl)c1Cl. The summed E-state index contributed by atoms with van der Waals surface area (Å²) in [5.41, 5.74) is 0.869.